The molecule has 1 rings (SSSR count). The van der Waals surface area contributed by atoms with E-state index in [9.17, 15) is 0 Å². The Kier molecular flexibility index (Phi) is 3.35. The Morgan fingerprint density at radius 1 is 1.06 bits per heavy atom. The molecule has 1 fully saturated rings. The fourth-order valence-corrected chi connectivity index (χ4v) is 12.2. The van der Waals surface area contributed by atoms with E-state index in [1.807, 2.05) is 0 Å². The summed E-state index contributed by atoms with van der Waals surface area (Å²) in [5, 5.41) is 0.365. The Bertz CT molecular complexity index is 308. The van der Waals surface area contributed by atoms with Crippen molar-refractivity contribution >= 4 is 8.07 Å². The van der Waals surface area contributed by atoms with Crippen LogP contribution in [0.25, 0.3) is 0 Å². The van der Waals surface area contributed by atoms with Crippen LogP contribution in [-0.2, 0) is 9.47 Å². The van der Waals surface area contributed by atoms with Crippen molar-refractivity contribution in [1.29, 1.82) is 0 Å². The molecule has 1 heterocycles. The normalized spacial score (nSPS) is 27.8. The molecular formula is C14H28O2Si. The minimum Gasteiger partial charge on any atom is -0.499 e. The van der Waals surface area contributed by atoms with Gasteiger partial charge in [-0.25, -0.2) is 0 Å². The quantitative estimate of drug-likeness (QED) is 0.558. The van der Waals surface area contributed by atoms with Crippen LogP contribution in [0.5, 0.6) is 0 Å². The standard InChI is InChI=1S/C14H28O2Si/c1-11(15-8)14(16-9)10-17(14,12(2,3)4)13(5,6)7/h1,10H2,2-9H3. The monoisotopic (exact) mass is 256 g/mol. The van der Waals surface area contributed by atoms with Gasteiger partial charge in [-0.3, -0.25) is 0 Å². The predicted octanol–water partition coefficient (Wildman–Crippen LogP) is 4.13. The first-order valence-corrected chi connectivity index (χ1v) is 8.49. The molecule has 0 N–H and O–H groups in total. The molecule has 0 radical (unpaired) electrons. The topological polar surface area (TPSA) is 18.5 Å². The highest BCUT2D eigenvalue weighted by molar-refractivity contribution is 6.98. The Labute approximate surface area is 107 Å². The van der Waals surface area contributed by atoms with Gasteiger partial charge in [-0.1, -0.05) is 48.1 Å². The molecular weight excluding hydrogens is 228 g/mol. The molecule has 0 aromatic heterocycles. The number of rotatable bonds is 3. The van der Waals surface area contributed by atoms with Gasteiger partial charge in [0.05, 0.1) is 7.11 Å². The van der Waals surface area contributed by atoms with Gasteiger partial charge in [0.25, 0.3) is 0 Å². The summed E-state index contributed by atoms with van der Waals surface area (Å²) < 4.78 is 11.3. The second kappa shape index (κ2) is 3.85. The van der Waals surface area contributed by atoms with Crippen LogP contribution in [0.1, 0.15) is 41.5 Å². The molecule has 0 amide bonds. The van der Waals surface area contributed by atoms with E-state index in [0.717, 1.165) is 11.8 Å². The first kappa shape index (κ1) is 14.8. The van der Waals surface area contributed by atoms with Crippen molar-refractivity contribution in [2.45, 2.75) is 62.9 Å². The summed E-state index contributed by atoms with van der Waals surface area (Å²) in [6, 6.07) is 1.12. The largest absolute Gasteiger partial charge is 0.499 e. The average molecular weight is 256 g/mol. The van der Waals surface area contributed by atoms with E-state index in [1.165, 1.54) is 0 Å². The molecule has 0 saturated carbocycles. The fraction of sp³-hybridized carbons (Fsp3) is 0.857. The van der Waals surface area contributed by atoms with Crippen molar-refractivity contribution in [2.75, 3.05) is 14.2 Å². The average Bonchev–Trinajstić information content (AvgIpc) is 2.87. The Morgan fingerprint density at radius 3 is 1.65 bits per heavy atom. The third kappa shape index (κ3) is 1.70. The van der Waals surface area contributed by atoms with Gasteiger partial charge < -0.3 is 9.47 Å². The lowest BCUT2D eigenvalue weighted by Crippen LogP contribution is -2.48. The molecule has 1 aliphatic rings. The van der Waals surface area contributed by atoms with E-state index in [4.69, 9.17) is 9.47 Å². The maximum absolute atomic E-state index is 5.91. The van der Waals surface area contributed by atoms with Crippen LogP contribution in [0.15, 0.2) is 12.3 Å². The SMILES string of the molecule is C=C(OC)C1(OC)C[Si]1(C(C)(C)C)C(C)(C)C. The van der Waals surface area contributed by atoms with Crippen molar-refractivity contribution in [3.8, 4) is 0 Å². The molecule has 1 atom stereocenters. The molecule has 0 spiro atoms. The molecule has 100 valence electrons. The smallest absolute Gasteiger partial charge is 0.116 e. The molecule has 1 unspecified atom stereocenters. The molecule has 1 aliphatic heterocycles. The zero-order chi connectivity index (χ0) is 13.7. The summed E-state index contributed by atoms with van der Waals surface area (Å²) in [6.07, 6.45) is 0. The van der Waals surface area contributed by atoms with Crippen molar-refractivity contribution < 1.29 is 9.47 Å². The summed E-state index contributed by atoms with van der Waals surface area (Å²) in [4.78, 5) is 0. The molecule has 17 heavy (non-hydrogen) atoms. The maximum Gasteiger partial charge on any atom is 0.116 e. The van der Waals surface area contributed by atoms with Gasteiger partial charge >= 0.3 is 0 Å². The zero-order valence-electron chi connectivity index (χ0n) is 12.7. The van der Waals surface area contributed by atoms with Crippen molar-refractivity contribution in [3.05, 3.63) is 12.3 Å². The molecule has 0 bridgehead atoms. The first-order chi connectivity index (χ1) is 7.50. The Morgan fingerprint density at radius 2 is 1.47 bits per heavy atom. The molecule has 3 heteroatoms. The van der Waals surface area contributed by atoms with E-state index in [1.54, 1.807) is 14.2 Å². The van der Waals surface area contributed by atoms with Gasteiger partial charge in [-0.05, 0) is 16.1 Å². The van der Waals surface area contributed by atoms with E-state index in [-0.39, 0.29) is 15.3 Å². The van der Waals surface area contributed by atoms with Gasteiger partial charge in [0.1, 0.15) is 19.1 Å². The minimum absolute atomic E-state index is 0.196. The second-order valence-corrected chi connectivity index (χ2v) is 13.2. The van der Waals surface area contributed by atoms with Crippen molar-refractivity contribution in [1.82, 2.24) is 0 Å². The highest BCUT2D eigenvalue weighted by Crippen LogP contribution is 2.73. The molecule has 0 aliphatic carbocycles. The van der Waals surface area contributed by atoms with E-state index in [0.29, 0.717) is 0 Å². The zero-order valence-corrected chi connectivity index (χ0v) is 13.7. The van der Waals surface area contributed by atoms with Crippen LogP contribution in [0.2, 0.25) is 16.1 Å². The number of hydrogen-bond acceptors (Lipinski definition) is 2. The number of hydrogen-bond donors (Lipinski definition) is 0. The van der Waals surface area contributed by atoms with Gasteiger partial charge in [0.2, 0.25) is 0 Å². The third-order valence-electron chi connectivity index (χ3n) is 4.68. The summed E-state index contributed by atoms with van der Waals surface area (Å²) >= 11 is 0. The van der Waals surface area contributed by atoms with Gasteiger partial charge in [-0.15, -0.1) is 0 Å². The van der Waals surface area contributed by atoms with E-state index >= 15 is 0 Å². The van der Waals surface area contributed by atoms with E-state index < -0.39 is 8.07 Å². The molecule has 0 aromatic rings. The van der Waals surface area contributed by atoms with Gasteiger partial charge in [-0.2, -0.15) is 0 Å². The number of ether oxygens (including phenoxy) is 2. The van der Waals surface area contributed by atoms with Crippen LogP contribution < -0.4 is 0 Å². The van der Waals surface area contributed by atoms with Crippen molar-refractivity contribution in [2.24, 2.45) is 0 Å². The summed E-state index contributed by atoms with van der Waals surface area (Å²) in [5.41, 5.74) is 0. The van der Waals surface area contributed by atoms with Crippen LogP contribution in [0.3, 0.4) is 0 Å². The molecule has 2 nitrogen and oxygen atoms in total. The number of methoxy groups -OCH3 is 2. The third-order valence-corrected chi connectivity index (χ3v) is 12.4. The lowest BCUT2D eigenvalue weighted by molar-refractivity contribution is 0.0801. The lowest BCUT2D eigenvalue weighted by Gasteiger charge is -2.43. The van der Waals surface area contributed by atoms with Crippen molar-refractivity contribution in [3.63, 3.8) is 0 Å². The summed E-state index contributed by atoms with van der Waals surface area (Å²) in [6.45, 7) is 18.1. The molecule has 0 aromatic carbocycles. The summed E-state index contributed by atoms with van der Waals surface area (Å²) in [5.74, 6) is 0.816. The van der Waals surface area contributed by atoms with Crippen LogP contribution in [0.4, 0.5) is 0 Å². The predicted molar refractivity (Wildman–Crippen MR) is 75.9 cm³/mol. The highest BCUT2D eigenvalue weighted by atomic mass is 28.3. The highest BCUT2D eigenvalue weighted by Gasteiger charge is 2.81. The van der Waals surface area contributed by atoms with Crippen LogP contribution in [0, 0.1) is 0 Å². The fourth-order valence-electron chi connectivity index (χ4n) is 4.06. The molecule has 1 saturated heterocycles. The van der Waals surface area contributed by atoms with E-state index in [2.05, 4.69) is 48.1 Å². The lowest BCUT2D eigenvalue weighted by atomic mass is 10.2. The maximum atomic E-state index is 5.91. The van der Waals surface area contributed by atoms with Gasteiger partial charge in [0.15, 0.2) is 0 Å². The second-order valence-electron chi connectivity index (χ2n) is 7.24. The Hall–Kier alpha value is -0.283. The minimum atomic E-state index is -1.67. The van der Waals surface area contributed by atoms with Crippen LogP contribution >= 0.6 is 0 Å². The van der Waals surface area contributed by atoms with Crippen LogP contribution in [-0.4, -0.2) is 27.5 Å². The van der Waals surface area contributed by atoms with Gasteiger partial charge in [0, 0.05) is 7.11 Å². The Balaban J connectivity index is 3.30. The summed E-state index contributed by atoms with van der Waals surface area (Å²) in [7, 11) is 1.84. The first-order valence-electron chi connectivity index (χ1n) is 6.29.